The molecule has 4 aromatic rings. The number of carbonyl (C=O) groups is 1. The van der Waals surface area contributed by atoms with Gasteiger partial charge in [-0.05, 0) is 35.9 Å². The number of halogens is 4. The van der Waals surface area contributed by atoms with Crippen LogP contribution in [0.2, 0.25) is 5.15 Å². The van der Waals surface area contributed by atoms with Crippen LogP contribution in [0.25, 0.3) is 16.6 Å². The van der Waals surface area contributed by atoms with Crippen LogP contribution in [0.4, 0.5) is 12.9 Å². The lowest BCUT2D eigenvalue weighted by Gasteiger charge is -2.27. The molecule has 0 atom stereocenters. The highest BCUT2D eigenvalue weighted by atomic mass is 35.5. The summed E-state index contributed by atoms with van der Waals surface area (Å²) in [5, 5.41) is 13.5. The van der Waals surface area contributed by atoms with E-state index >= 15 is 0 Å². The molecule has 4 heterocycles. The molecule has 1 saturated heterocycles. The van der Waals surface area contributed by atoms with Gasteiger partial charge in [-0.1, -0.05) is 23.7 Å². The number of fused-ring (bicyclic) bond motifs is 2. The molecule has 1 N–H and O–H groups in total. The molecular weight excluding hydrogens is 496 g/mol. The highest BCUT2D eigenvalue weighted by Crippen LogP contribution is 2.56. The highest BCUT2D eigenvalue weighted by Gasteiger charge is 2.42. The zero-order valence-corrected chi connectivity index (χ0v) is 19.5. The molecule has 1 aromatic carbocycles. The molecule has 33 heavy (non-hydrogen) atoms. The monoisotopic (exact) mass is 512 g/mol. The number of carboxylic acid groups (broad SMARTS) is 1. The molecule has 0 amide bonds. The summed E-state index contributed by atoms with van der Waals surface area (Å²) in [7, 11) is -3.67. The number of pyridine rings is 1. The Balaban J connectivity index is 0.000000335. The molecule has 1 aliphatic heterocycles. The number of carboxylic acids is 1. The lowest BCUT2D eigenvalue weighted by molar-refractivity contribution is -0.134. The summed E-state index contributed by atoms with van der Waals surface area (Å²) in [6.07, 6.45) is 3.75. The fourth-order valence-electron chi connectivity index (χ4n) is 3.23. The number of rotatable bonds is 2. The average molecular weight is 513 g/mol. The molecule has 1 aliphatic rings. The maximum atomic E-state index is 9.67. The maximum absolute atomic E-state index is 9.67. The molecule has 0 saturated carbocycles. The van der Waals surface area contributed by atoms with Crippen LogP contribution < -0.4 is 0 Å². The van der Waals surface area contributed by atoms with Crippen molar-refractivity contribution in [2.24, 2.45) is 0 Å². The molecule has 6 nitrogen and oxygen atoms in total. The van der Waals surface area contributed by atoms with Crippen molar-refractivity contribution in [3.8, 4) is 0 Å². The maximum Gasteiger partial charge on any atom is 0.762 e. The van der Waals surface area contributed by atoms with Gasteiger partial charge in [0.1, 0.15) is 9.23 Å². The predicted molar refractivity (Wildman–Crippen MR) is 128 cm³/mol. The van der Waals surface area contributed by atoms with Crippen molar-refractivity contribution in [1.29, 1.82) is 0 Å². The SMILES string of the molecule is CC(=O)O.Clc1ccc2ncc(C3(c4ccc5ncccc5c4)SCCS3)n2n1.FB(F)F. The van der Waals surface area contributed by atoms with Crippen LogP contribution in [-0.4, -0.2) is 49.7 Å². The molecule has 0 aliphatic carbocycles. The molecule has 3 aromatic heterocycles. The van der Waals surface area contributed by atoms with Crippen molar-refractivity contribution >= 4 is 65.2 Å². The number of hydrogen-bond acceptors (Lipinski definition) is 6. The third-order valence-corrected chi connectivity index (χ3v) is 8.03. The highest BCUT2D eigenvalue weighted by molar-refractivity contribution is 8.20. The standard InChI is InChI=1S/C18H13ClN4S2.C2H4O2.BF3/c19-16-5-6-17-21-11-15(23(17)22-16)18(24-8-9-25-18)13-3-4-14-12(10-13)2-1-7-20-14;1-2(3)4;2-1(3)4/h1-7,10-11H,8-9H2;1H3,(H,3,4);. The normalized spacial score (nSPS) is 14.2. The molecule has 0 radical (unpaired) electrons. The Hall–Kier alpha value is -2.44. The molecular formula is C20H17BClF3N4O2S2. The number of benzene rings is 1. The number of nitrogens with zero attached hydrogens (tertiary/aromatic N) is 4. The summed E-state index contributed by atoms with van der Waals surface area (Å²) >= 11 is 10.00. The van der Waals surface area contributed by atoms with E-state index in [2.05, 4.69) is 39.3 Å². The van der Waals surface area contributed by atoms with Crippen molar-refractivity contribution in [1.82, 2.24) is 19.6 Å². The summed E-state index contributed by atoms with van der Waals surface area (Å²) in [6.45, 7) is 1.08. The van der Waals surface area contributed by atoms with Crippen molar-refractivity contribution < 1.29 is 22.8 Å². The van der Waals surface area contributed by atoms with Crippen molar-refractivity contribution in [3.05, 3.63) is 71.3 Å². The van der Waals surface area contributed by atoms with Crippen molar-refractivity contribution in [3.63, 3.8) is 0 Å². The third kappa shape index (κ3) is 6.12. The number of hydrogen-bond donors (Lipinski definition) is 1. The fourth-order valence-corrected chi connectivity index (χ4v) is 6.61. The van der Waals surface area contributed by atoms with Gasteiger partial charge in [0.25, 0.3) is 5.97 Å². The van der Waals surface area contributed by atoms with Gasteiger partial charge in [-0.3, -0.25) is 22.7 Å². The van der Waals surface area contributed by atoms with E-state index in [1.54, 1.807) is 6.07 Å². The van der Waals surface area contributed by atoms with Crippen LogP contribution in [0.15, 0.2) is 54.9 Å². The van der Waals surface area contributed by atoms with Gasteiger partial charge in [-0.2, -0.15) is 5.10 Å². The Bertz CT molecular complexity index is 1250. The second-order valence-corrected chi connectivity index (χ2v) is 9.82. The lowest BCUT2D eigenvalue weighted by atomic mass is 10.1. The van der Waals surface area contributed by atoms with Crippen LogP contribution in [-0.2, 0) is 8.87 Å². The van der Waals surface area contributed by atoms with Crippen LogP contribution >= 0.6 is 35.1 Å². The summed E-state index contributed by atoms with van der Waals surface area (Å²) in [4.78, 5) is 18.0. The lowest BCUT2D eigenvalue weighted by Crippen LogP contribution is -2.20. The molecule has 172 valence electrons. The second-order valence-electron chi connectivity index (χ2n) is 6.56. The van der Waals surface area contributed by atoms with Crippen LogP contribution in [0.1, 0.15) is 18.2 Å². The average Bonchev–Trinajstić information content (AvgIpc) is 3.40. The summed E-state index contributed by atoms with van der Waals surface area (Å²) in [5.41, 5.74) is 4.12. The number of aliphatic carboxylic acids is 1. The molecule has 0 unspecified atom stereocenters. The minimum absolute atomic E-state index is 0.235. The molecule has 5 rings (SSSR count). The molecule has 1 fully saturated rings. The number of aromatic nitrogens is 4. The smallest absolute Gasteiger partial charge is 0.481 e. The van der Waals surface area contributed by atoms with E-state index in [0.717, 1.165) is 40.7 Å². The predicted octanol–water partition coefficient (Wildman–Crippen LogP) is 5.58. The van der Waals surface area contributed by atoms with E-state index < -0.39 is 13.5 Å². The van der Waals surface area contributed by atoms with Crippen LogP contribution in [0, 0.1) is 0 Å². The zero-order valence-electron chi connectivity index (χ0n) is 17.2. The Morgan fingerprint density at radius 3 is 2.48 bits per heavy atom. The Morgan fingerprint density at radius 2 is 1.82 bits per heavy atom. The minimum atomic E-state index is -3.67. The van der Waals surface area contributed by atoms with E-state index in [0.29, 0.717) is 5.15 Å². The quantitative estimate of drug-likeness (QED) is 0.351. The van der Waals surface area contributed by atoms with E-state index in [-0.39, 0.29) is 4.08 Å². The molecule has 0 spiro atoms. The first-order valence-corrected chi connectivity index (χ1v) is 11.8. The largest absolute Gasteiger partial charge is 0.762 e. The van der Waals surface area contributed by atoms with Gasteiger partial charge in [0.15, 0.2) is 5.65 Å². The van der Waals surface area contributed by atoms with Crippen molar-refractivity contribution in [2.45, 2.75) is 11.0 Å². The van der Waals surface area contributed by atoms with Gasteiger partial charge >= 0.3 is 7.54 Å². The Morgan fingerprint density at radius 1 is 1.15 bits per heavy atom. The van der Waals surface area contributed by atoms with E-state index in [1.807, 2.05) is 52.6 Å². The first-order chi connectivity index (χ1) is 15.7. The third-order valence-electron chi connectivity index (χ3n) is 4.34. The zero-order chi connectivity index (χ0) is 24.0. The summed E-state index contributed by atoms with van der Waals surface area (Å²) in [5.74, 6) is 1.34. The number of thioether (sulfide) groups is 2. The van der Waals surface area contributed by atoms with Gasteiger partial charge in [0.2, 0.25) is 0 Å². The first-order valence-electron chi connectivity index (χ1n) is 9.48. The van der Waals surface area contributed by atoms with Gasteiger partial charge < -0.3 is 5.11 Å². The number of imidazole rings is 1. The van der Waals surface area contributed by atoms with E-state index in [1.165, 1.54) is 5.56 Å². The van der Waals surface area contributed by atoms with Crippen LogP contribution in [0.3, 0.4) is 0 Å². The molecule has 13 heteroatoms. The van der Waals surface area contributed by atoms with Gasteiger partial charge in [-0.15, -0.1) is 23.5 Å². The first kappa shape index (κ1) is 25.2. The van der Waals surface area contributed by atoms with E-state index in [4.69, 9.17) is 21.5 Å². The van der Waals surface area contributed by atoms with Gasteiger partial charge in [0, 0.05) is 30.0 Å². The fraction of sp³-hybridized carbons (Fsp3) is 0.200. The van der Waals surface area contributed by atoms with Crippen molar-refractivity contribution in [2.75, 3.05) is 11.5 Å². The molecule has 0 bridgehead atoms. The summed E-state index contributed by atoms with van der Waals surface area (Å²) < 4.78 is 30.6. The summed E-state index contributed by atoms with van der Waals surface area (Å²) in [6, 6.07) is 14.3. The van der Waals surface area contributed by atoms with Gasteiger partial charge in [-0.25, -0.2) is 9.50 Å². The Kier molecular flexibility index (Phi) is 8.49. The Labute approximate surface area is 201 Å². The second kappa shape index (κ2) is 11.1. The minimum Gasteiger partial charge on any atom is -0.481 e. The topological polar surface area (TPSA) is 80.4 Å². The van der Waals surface area contributed by atoms with E-state index in [9.17, 15) is 12.9 Å². The van der Waals surface area contributed by atoms with Gasteiger partial charge in [0.05, 0.1) is 17.4 Å². The van der Waals surface area contributed by atoms with Crippen LogP contribution in [0.5, 0.6) is 0 Å².